The van der Waals surface area contributed by atoms with Crippen LogP contribution in [0.1, 0.15) is 24.5 Å². The van der Waals surface area contributed by atoms with Crippen molar-refractivity contribution in [1.29, 1.82) is 0 Å². The third-order valence-corrected chi connectivity index (χ3v) is 4.77. The molecule has 2 rings (SSSR count). The lowest BCUT2D eigenvalue weighted by Crippen LogP contribution is -2.50. The molecule has 0 saturated heterocycles. The minimum absolute atomic E-state index is 0.0772. The van der Waals surface area contributed by atoms with Gasteiger partial charge in [0, 0.05) is 19.6 Å². The molecule has 20 heavy (non-hydrogen) atoms. The number of thioether (sulfide) groups is 1. The molecule has 1 amide bonds. The van der Waals surface area contributed by atoms with E-state index in [9.17, 15) is 4.79 Å². The smallest absolute Gasteiger partial charge is 0.240 e. The lowest BCUT2D eigenvalue weighted by molar-refractivity contribution is -0.134. The van der Waals surface area contributed by atoms with E-state index in [1.165, 1.54) is 11.1 Å². The molecule has 1 aromatic rings. The van der Waals surface area contributed by atoms with E-state index in [4.69, 9.17) is 0 Å². The van der Waals surface area contributed by atoms with E-state index in [1.54, 1.807) is 0 Å². The normalized spacial score (nSPS) is 19.2. The molecule has 0 saturated carbocycles. The maximum Gasteiger partial charge on any atom is 0.240 e. The number of nitrogens with zero attached hydrogens (tertiary/aromatic N) is 1. The van der Waals surface area contributed by atoms with E-state index >= 15 is 0 Å². The van der Waals surface area contributed by atoms with Gasteiger partial charge >= 0.3 is 0 Å². The van der Waals surface area contributed by atoms with Crippen LogP contribution in [0.25, 0.3) is 0 Å². The van der Waals surface area contributed by atoms with E-state index < -0.39 is 0 Å². The van der Waals surface area contributed by atoms with Crippen molar-refractivity contribution in [3.63, 3.8) is 0 Å². The Morgan fingerprint density at radius 1 is 1.45 bits per heavy atom. The maximum atomic E-state index is 12.6. The fourth-order valence-electron chi connectivity index (χ4n) is 2.57. The fourth-order valence-corrected chi connectivity index (χ4v) is 3.15. The van der Waals surface area contributed by atoms with E-state index in [1.807, 2.05) is 23.7 Å². The molecule has 1 heterocycles. The highest BCUT2D eigenvalue weighted by molar-refractivity contribution is 7.98. The average Bonchev–Trinajstić information content (AvgIpc) is 2.50. The number of hydrogen-bond donors (Lipinski definition) is 1. The number of rotatable bonds is 5. The lowest BCUT2D eigenvalue weighted by atomic mass is 9.95. The highest BCUT2D eigenvalue weighted by Crippen LogP contribution is 2.18. The predicted molar refractivity (Wildman–Crippen MR) is 86.0 cm³/mol. The molecule has 110 valence electrons. The lowest BCUT2D eigenvalue weighted by Gasteiger charge is -2.32. The summed E-state index contributed by atoms with van der Waals surface area (Å²) in [6.07, 6.45) is 3.95. The van der Waals surface area contributed by atoms with Crippen LogP contribution >= 0.6 is 11.8 Å². The standard InChI is InChI=1S/C16H24N2OS/c1-12(8-9-20-3)18(2)16(19)15-10-13-6-4-5-7-14(13)11-17-15/h4-7,12,15,17H,8-11H2,1-3H3/t12?,15-/m0/s1. The Kier molecular flexibility index (Phi) is 5.49. The van der Waals surface area contributed by atoms with Crippen molar-refractivity contribution in [3.05, 3.63) is 35.4 Å². The molecule has 2 atom stereocenters. The summed E-state index contributed by atoms with van der Waals surface area (Å²) in [5.41, 5.74) is 2.62. The monoisotopic (exact) mass is 292 g/mol. The van der Waals surface area contributed by atoms with E-state index in [2.05, 4.69) is 42.8 Å². The van der Waals surface area contributed by atoms with Crippen LogP contribution in [0.5, 0.6) is 0 Å². The van der Waals surface area contributed by atoms with Crippen molar-refractivity contribution < 1.29 is 4.79 Å². The molecule has 1 N–H and O–H groups in total. The molecular weight excluding hydrogens is 268 g/mol. The molecule has 0 bridgehead atoms. The van der Waals surface area contributed by atoms with Gasteiger partial charge in [0.15, 0.2) is 0 Å². The van der Waals surface area contributed by atoms with Crippen molar-refractivity contribution in [1.82, 2.24) is 10.2 Å². The summed E-state index contributed by atoms with van der Waals surface area (Å²) in [4.78, 5) is 14.5. The summed E-state index contributed by atoms with van der Waals surface area (Å²) in [5.74, 6) is 1.31. The van der Waals surface area contributed by atoms with Gasteiger partial charge in [0.2, 0.25) is 5.91 Å². The van der Waals surface area contributed by atoms with Gasteiger partial charge in [-0.15, -0.1) is 0 Å². The van der Waals surface area contributed by atoms with Crippen molar-refractivity contribution >= 4 is 17.7 Å². The minimum Gasteiger partial charge on any atom is -0.342 e. The number of hydrogen-bond acceptors (Lipinski definition) is 3. The number of carbonyl (C=O) groups excluding carboxylic acids is 1. The molecule has 1 aliphatic rings. The zero-order valence-corrected chi connectivity index (χ0v) is 13.4. The molecular formula is C16H24N2OS. The van der Waals surface area contributed by atoms with E-state index in [0.717, 1.165) is 25.1 Å². The predicted octanol–water partition coefficient (Wildman–Crippen LogP) is 2.30. The maximum absolute atomic E-state index is 12.6. The van der Waals surface area contributed by atoms with E-state index in [-0.39, 0.29) is 11.9 Å². The van der Waals surface area contributed by atoms with Crippen LogP contribution in [0, 0.1) is 0 Å². The fraction of sp³-hybridized carbons (Fsp3) is 0.562. The summed E-state index contributed by atoms with van der Waals surface area (Å²) in [5, 5.41) is 3.37. The van der Waals surface area contributed by atoms with Crippen LogP contribution in [0.4, 0.5) is 0 Å². The Labute approximate surface area is 126 Å². The Bertz CT molecular complexity index is 464. The molecule has 0 spiro atoms. The van der Waals surface area contributed by atoms with Gasteiger partial charge in [-0.2, -0.15) is 11.8 Å². The Balaban J connectivity index is 1.97. The third-order valence-electron chi connectivity index (χ3n) is 4.13. The first-order valence-corrected chi connectivity index (χ1v) is 8.58. The van der Waals surface area contributed by atoms with Crippen LogP contribution in [-0.4, -0.2) is 41.9 Å². The van der Waals surface area contributed by atoms with E-state index in [0.29, 0.717) is 6.04 Å². The van der Waals surface area contributed by atoms with Crippen molar-refractivity contribution in [2.75, 3.05) is 19.1 Å². The van der Waals surface area contributed by atoms with Crippen LogP contribution in [0.15, 0.2) is 24.3 Å². The number of fused-ring (bicyclic) bond motifs is 1. The molecule has 1 aromatic carbocycles. The van der Waals surface area contributed by atoms with Gasteiger partial charge < -0.3 is 10.2 Å². The van der Waals surface area contributed by atoms with Crippen LogP contribution in [0.3, 0.4) is 0 Å². The van der Waals surface area contributed by atoms with Crippen molar-refractivity contribution in [2.45, 2.75) is 38.4 Å². The first-order chi connectivity index (χ1) is 9.63. The third kappa shape index (κ3) is 3.55. The summed E-state index contributed by atoms with van der Waals surface area (Å²) >= 11 is 1.83. The van der Waals surface area contributed by atoms with Gasteiger partial charge in [0.1, 0.15) is 0 Å². The quantitative estimate of drug-likeness (QED) is 0.904. The zero-order chi connectivity index (χ0) is 14.5. The zero-order valence-electron chi connectivity index (χ0n) is 12.6. The molecule has 3 nitrogen and oxygen atoms in total. The SMILES string of the molecule is CSCCC(C)N(C)C(=O)[C@@H]1Cc2ccccc2CN1. The summed E-state index contributed by atoms with van der Waals surface area (Å²) in [6.45, 7) is 2.92. The number of benzene rings is 1. The van der Waals surface area contributed by atoms with Crippen LogP contribution in [0.2, 0.25) is 0 Å². The first-order valence-electron chi connectivity index (χ1n) is 7.19. The van der Waals surface area contributed by atoms with Crippen LogP contribution in [-0.2, 0) is 17.8 Å². The van der Waals surface area contributed by atoms with Gasteiger partial charge in [-0.3, -0.25) is 4.79 Å². The first kappa shape index (κ1) is 15.4. The van der Waals surface area contributed by atoms with Crippen molar-refractivity contribution in [3.8, 4) is 0 Å². The Morgan fingerprint density at radius 3 is 2.85 bits per heavy atom. The summed E-state index contributed by atoms with van der Waals surface area (Å²) in [6, 6.07) is 8.59. The largest absolute Gasteiger partial charge is 0.342 e. The minimum atomic E-state index is -0.0772. The summed E-state index contributed by atoms with van der Waals surface area (Å²) < 4.78 is 0. The van der Waals surface area contributed by atoms with Gasteiger partial charge in [0.25, 0.3) is 0 Å². The number of nitrogens with one attached hydrogen (secondary N) is 1. The second kappa shape index (κ2) is 7.14. The number of likely N-dealkylation sites (N-methyl/N-ethyl adjacent to an activating group) is 1. The second-order valence-electron chi connectivity index (χ2n) is 5.49. The highest BCUT2D eigenvalue weighted by atomic mass is 32.2. The number of amides is 1. The molecule has 0 radical (unpaired) electrons. The van der Waals surface area contributed by atoms with Gasteiger partial charge in [-0.1, -0.05) is 24.3 Å². The molecule has 0 aromatic heterocycles. The molecule has 1 aliphatic heterocycles. The van der Waals surface area contributed by atoms with Crippen LogP contribution < -0.4 is 5.32 Å². The van der Waals surface area contributed by atoms with Gasteiger partial charge in [-0.05, 0) is 42.9 Å². The summed E-state index contributed by atoms with van der Waals surface area (Å²) in [7, 11) is 1.93. The Hall–Kier alpha value is -1.00. The highest BCUT2D eigenvalue weighted by Gasteiger charge is 2.28. The average molecular weight is 292 g/mol. The number of carbonyl (C=O) groups is 1. The molecule has 4 heteroatoms. The Morgan fingerprint density at radius 2 is 2.15 bits per heavy atom. The van der Waals surface area contributed by atoms with Crippen molar-refractivity contribution in [2.24, 2.45) is 0 Å². The van der Waals surface area contributed by atoms with Gasteiger partial charge in [-0.25, -0.2) is 0 Å². The van der Waals surface area contributed by atoms with Gasteiger partial charge in [0.05, 0.1) is 6.04 Å². The molecule has 0 aliphatic carbocycles. The topological polar surface area (TPSA) is 32.3 Å². The molecule has 1 unspecified atom stereocenters. The second-order valence-corrected chi connectivity index (χ2v) is 6.47. The molecule has 0 fully saturated rings.